The van der Waals surface area contributed by atoms with Crippen molar-refractivity contribution in [3.8, 4) is 5.75 Å². The van der Waals surface area contributed by atoms with Gasteiger partial charge in [-0.05, 0) is 38.5 Å². The predicted octanol–water partition coefficient (Wildman–Crippen LogP) is 2.76. The van der Waals surface area contributed by atoms with Crippen molar-refractivity contribution in [2.24, 2.45) is 0 Å². The maximum Gasteiger partial charge on any atom is 0.263 e. The zero-order chi connectivity index (χ0) is 17.0. The average Bonchev–Trinajstić information content (AvgIpc) is 2.45. The summed E-state index contributed by atoms with van der Waals surface area (Å²) in [7, 11) is 0. The summed E-state index contributed by atoms with van der Waals surface area (Å²) in [5.74, 6) is 0.304. The molecule has 1 N–H and O–H groups in total. The highest BCUT2D eigenvalue weighted by Crippen LogP contribution is 2.25. The Morgan fingerprint density at radius 2 is 2.04 bits per heavy atom. The molecule has 1 aromatic carbocycles. The van der Waals surface area contributed by atoms with Crippen molar-refractivity contribution in [1.29, 1.82) is 0 Å². The van der Waals surface area contributed by atoms with E-state index in [9.17, 15) is 9.90 Å². The Bertz CT molecular complexity index is 533. The molecule has 128 valence electrons. The zero-order valence-electron chi connectivity index (χ0n) is 13.2. The Balaban J connectivity index is 2.04. The van der Waals surface area contributed by atoms with Gasteiger partial charge in [-0.1, -0.05) is 23.2 Å². The van der Waals surface area contributed by atoms with Crippen molar-refractivity contribution in [2.75, 3.05) is 19.8 Å². The van der Waals surface area contributed by atoms with Gasteiger partial charge in [-0.15, -0.1) is 0 Å². The van der Waals surface area contributed by atoms with Gasteiger partial charge in [0.05, 0.1) is 25.4 Å². The van der Waals surface area contributed by atoms with Crippen molar-refractivity contribution in [1.82, 2.24) is 4.90 Å². The van der Waals surface area contributed by atoms with Gasteiger partial charge in [0.1, 0.15) is 5.75 Å². The van der Waals surface area contributed by atoms with Crippen LogP contribution in [0.4, 0.5) is 0 Å². The lowest BCUT2D eigenvalue weighted by molar-refractivity contribution is -0.147. The largest absolute Gasteiger partial charge is 0.481 e. The van der Waals surface area contributed by atoms with Gasteiger partial charge < -0.3 is 19.5 Å². The molecular weight excluding hydrogens is 341 g/mol. The van der Waals surface area contributed by atoms with Crippen LogP contribution in [0.1, 0.15) is 20.3 Å². The molecule has 1 heterocycles. The van der Waals surface area contributed by atoms with E-state index in [0.29, 0.717) is 42.0 Å². The minimum Gasteiger partial charge on any atom is -0.481 e. The summed E-state index contributed by atoms with van der Waals surface area (Å²) < 4.78 is 11.1. The molecule has 1 aromatic rings. The summed E-state index contributed by atoms with van der Waals surface area (Å²) in [5, 5.41) is 10.5. The summed E-state index contributed by atoms with van der Waals surface area (Å²) in [6.45, 7) is 4.78. The van der Waals surface area contributed by atoms with Gasteiger partial charge in [0.15, 0.2) is 6.10 Å². The van der Waals surface area contributed by atoms with Crippen LogP contribution in [0.25, 0.3) is 0 Å². The van der Waals surface area contributed by atoms with E-state index in [1.807, 2.05) is 0 Å². The first-order valence-corrected chi connectivity index (χ1v) is 8.31. The van der Waals surface area contributed by atoms with Gasteiger partial charge in [-0.3, -0.25) is 4.79 Å². The maximum absolute atomic E-state index is 12.7. The quantitative estimate of drug-likeness (QED) is 0.875. The van der Waals surface area contributed by atoms with Gasteiger partial charge in [-0.25, -0.2) is 0 Å². The molecule has 3 atom stereocenters. The Morgan fingerprint density at radius 3 is 2.65 bits per heavy atom. The fraction of sp³-hybridized carbons (Fsp3) is 0.562. The van der Waals surface area contributed by atoms with Crippen molar-refractivity contribution in [3.63, 3.8) is 0 Å². The number of aliphatic hydroxyl groups excluding tert-OH is 1. The molecule has 0 spiro atoms. The molecule has 3 unspecified atom stereocenters. The maximum atomic E-state index is 12.7. The number of ether oxygens (including phenoxy) is 2. The van der Waals surface area contributed by atoms with Crippen molar-refractivity contribution < 1.29 is 19.4 Å². The minimum atomic E-state index is -0.681. The lowest BCUT2D eigenvalue weighted by atomic mass is 10.1. The Labute approximate surface area is 146 Å². The molecule has 0 saturated carbocycles. The Morgan fingerprint density at radius 1 is 1.39 bits per heavy atom. The highest BCUT2D eigenvalue weighted by molar-refractivity contribution is 6.34. The van der Waals surface area contributed by atoms with Crippen molar-refractivity contribution in [2.45, 2.75) is 38.5 Å². The number of benzene rings is 1. The molecule has 0 bridgehead atoms. The van der Waals surface area contributed by atoms with E-state index in [1.54, 1.807) is 36.9 Å². The fourth-order valence-electron chi connectivity index (χ4n) is 2.62. The Kier molecular flexibility index (Phi) is 6.53. The van der Waals surface area contributed by atoms with Crippen LogP contribution in [0.15, 0.2) is 18.2 Å². The fourth-order valence-corrected chi connectivity index (χ4v) is 3.12. The number of carbonyl (C=O) groups excluding carboxylic acids is 1. The first-order valence-electron chi connectivity index (χ1n) is 7.56. The molecule has 0 aliphatic carbocycles. The molecule has 1 aliphatic heterocycles. The SMILES string of the molecule is CC(O)CC1COCCN1C(=O)C(C)Oc1cc(Cl)cc(Cl)c1. The van der Waals surface area contributed by atoms with Crippen LogP contribution < -0.4 is 4.74 Å². The number of rotatable bonds is 5. The third kappa shape index (κ3) is 5.24. The average molecular weight is 362 g/mol. The molecular formula is C16H21Cl2NO4. The lowest BCUT2D eigenvalue weighted by Gasteiger charge is -2.37. The van der Waals surface area contributed by atoms with Crippen LogP contribution in [0.3, 0.4) is 0 Å². The number of amides is 1. The second kappa shape index (κ2) is 8.20. The molecule has 0 radical (unpaired) electrons. The standard InChI is InChI=1S/C16H21Cl2NO4/c1-10(20)5-14-9-22-4-3-19(14)16(21)11(2)23-15-7-12(17)6-13(18)8-15/h6-8,10-11,14,20H,3-5,9H2,1-2H3. The smallest absolute Gasteiger partial charge is 0.263 e. The van der Waals surface area contributed by atoms with Gasteiger partial charge in [0.25, 0.3) is 5.91 Å². The molecule has 1 amide bonds. The zero-order valence-corrected chi connectivity index (χ0v) is 14.7. The molecule has 0 aromatic heterocycles. The van der Waals surface area contributed by atoms with E-state index in [0.717, 1.165) is 0 Å². The molecule has 1 aliphatic rings. The highest BCUT2D eigenvalue weighted by Gasteiger charge is 2.31. The second-order valence-electron chi connectivity index (χ2n) is 5.71. The number of aliphatic hydroxyl groups is 1. The molecule has 1 saturated heterocycles. The third-order valence-electron chi connectivity index (χ3n) is 3.62. The van der Waals surface area contributed by atoms with E-state index >= 15 is 0 Å². The summed E-state index contributed by atoms with van der Waals surface area (Å²) >= 11 is 11.9. The van der Waals surface area contributed by atoms with Crippen molar-refractivity contribution in [3.05, 3.63) is 28.2 Å². The highest BCUT2D eigenvalue weighted by atomic mass is 35.5. The Hall–Kier alpha value is -1.01. The first-order chi connectivity index (χ1) is 10.9. The van der Waals surface area contributed by atoms with Gasteiger partial charge in [0, 0.05) is 16.6 Å². The summed E-state index contributed by atoms with van der Waals surface area (Å²) in [4.78, 5) is 14.4. The van der Waals surface area contributed by atoms with E-state index in [-0.39, 0.29) is 11.9 Å². The first kappa shape index (κ1) is 18.3. The third-order valence-corrected chi connectivity index (χ3v) is 4.06. The number of morpholine rings is 1. The van der Waals surface area contributed by atoms with Crippen LogP contribution in [0, 0.1) is 0 Å². The minimum absolute atomic E-state index is 0.143. The summed E-state index contributed by atoms with van der Waals surface area (Å²) in [5.41, 5.74) is 0. The summed E-state index contributed by atoms with van der Waals surface area (Å²) in [6.07, 6.45) is -0.708. The van der Waals surface area contributed by atoms with E-state index < -0.39 is 12.2 Å². The van der Waals surface area contributed by atoms with E-state index in [2.05, 4.69) is 0 Å². The van der Waals surface area contributed by atoms with Crippen LogP contribution >= 0.6 is 23.2 Å². The number of hydrogen-bond acceptors (Lipinski definition) is 4. The monoisotopic (exact) mass is 361 g/mol. The number of hydrogen-bond donors (Lipinski definition) is 1. The van der Waals surface area contributed by atoms with Crippen LogP contribution in [0.2, 0.25) is 10.0 Å². The molecule has 5 nitrogen and oxygen atoms in total. The van der Waals surface area contributed by atoms with Crippen LogP contribution in [-0.2, 0) is 9.53 Å². The van der Waals surface area contributed by atoms with Crippen LogP contribution in [-0.4, -0.2) is 53.9 Å². The predicted molar refractivity (Wildman–Crippen MR) is 89.2 cm³/mol. The van der Waals surface area contributed by atoms with Gasteiger partial charge in [-0.2, -0.15) is 0 Å². The second-order valence-corrected chi connectivity index (χ2v) is 6.58. The van der Waals surface area contributed by atoms with Gasteiger partial charge in [0.2, 0.25) is 0 Å². The molecule has 1 fully saturated rings. The number of halogens is 2. The number of carbonyl (C=O) groups is 1. The molecule has 23 heavy (non-hydrogen) atoms. The summed E-state index contributed by atoms with van der Waals surface area (Å²) in [6, 6.07) is 4.68. The van der Waals surface area contributed by atoms with Crippen molar-refractivity contribution >= 4 is 29.1 Å². The molecule has 2 rings (SSSR count). The lowest BCUT2D eigenvalue weighted by Crippen LogP contribution is -2.53. The van der Waals surface area contributed by atoms with E-state index in [1.165, 1.54) is 0 Å². The van der Waals surface area contributed by atoms with E-state index in [4.69, 9.17) is 32.7 Å². The number of nitrogens with zero attached hydrogens (tertiary/aromatic N) is 1. The van der Waals surface area contributed by atoms with Crippen LogP contribution in [0.5, 0.6) is 5.75 Å². The molecule has 7 heteroatoms. The van der Waals surface area contributed by atoms with Gasteiger partial charge >= 0.3 is 0 Å². The normalized spacial score (nSPS) is 20.9. The topological polar surface area (TPSA) is 59.0 Å².